The molecule has 1 aromatic carbocycles. The second-order valence-electron chi connectivity index (χ2n) is 5.25. The first-order valence-corrected chi connectivity index (χ1v) is 5.68. The summed E-state index contributed by atoms with van der Waals surface area (Å²) in [6.45, 7) is 11.2. The fourth-order valence-electron chi connectivity index (χ4n) is 1.59. The molecule has 0 saturated carbocycles. The Morgan fingerprint density at radius 1 is 1.07 bits per heavy atom. The highest BCUT2D eigenvalue weighted by Crippen LogP contribution is 2.34. The van der Waals surface area contributed by atoms with E-state index in [9.17, 15) is 0 Å². The van der Waals surface area contributed by atoms with Crippen molar-refractivity contribution >= 4 is 6.08 Å². The van der Waals surface area contributed by atoms with Crippen LogP contribution >= 0.6 is 0 Å². The van der Waals surface area contributed by atoms with Gasteiger partial charge in [0.25, 0.3) is 0 Å². The number of rotatable bonds is 2. The molecule has 0 heterocycles. The van der Waals surface area contributed by atoms with Crippen molar-refractivity contribution in [3.63, 3.8) is 0 Å². The lowest BCUT2D eigenvalue weighted by Gasteiger charge is -2.27. The van der Waals surface area contributed by atoms with Crippen LogP contribution in [0.4, 0.5) is 0 Å². The predicted molar refractivity (Wildman–Crippen MR) is 69.0 cm³/mol. The van der Waals surface area contributed by atoms with E-state index in [0.29, 0.717) is 11.3 Å². The summed E-state index contributed by atoms with van der Waals surface area (Å²) in [5, 5.41) is 0. The highest BCUT2D eigenvalue weighted by atomic mass is 14.3. The quantitative estimate of drug-likeness (QED) is 0.642. The summed E-state index contributed by atoms with van der Waals surface area (Å²) in [4.78, 5) is 0. The molecule has 0 bridgehead atoms. The lowest BCUT2D eigenvalue weighted by Crippen LogP contribution is -2.15. The van der Waals surface area contributed by atoms with Crippen LogP contribution in [-0.4, -0.2) is 0 Å². The minimum atomic E-state index is 0.335. The van der Waals surface area contributed by atoms with Crippen LogP contribution in [0, 0.1) is 5.41 Å². The Morgan fingerprint density at radius 2 is 1.60 bits per heavy atom. The van der Waals surface area contributed by atoms with Crippen LogP contribution in [0.1, 0.15) is 51.7 Å². The summed E-state index contributed by atoms with van der Waals surface area (Å²) < 4.78 is 0. The number of allylic oxidation sites excluding steroid dienone is 1. The zero-order chi connectivity index (χ0) is 11.5. The van der Waals surface area contributed by atoms with Crippen molar-refractivity contribution in [2.75, 3.05) is 0 Å². The molecule has 0 saturated heterocycles. The molecule has 15 heavy (non-hydrogen) atoms. The fourth-order valence-corrected chi connectivity index (χ4v) is 1.59. The number of hydrogen-bond acceptors (Lipinski definition) is 0. The van der Waals surface area contributed by atoms with Gasteiger partial charge >= 0.3 is 0 Å². The smallest absolute Gasteiger partial charge is 0.0142 e. The van der Waals surface area contributed by atoms with Gasteiger partial charge in [-0.15, -0.1) is 0 Å². The Bertz CT molecular complexity index is 322. The van der Waals surface area contributed by atoms with Crippen LogP contribution in [0.25, 0.3) is 6.08 Å². The Kier molecular flexibility index (Phi) is 3.73. The van der Waals surface area contributed by atoms with E-state index in [1.165, 1.54) is 11.1 Å². The maximum atomic E-state index is 2.30. The highest BCUT2D eigenvalue weighted by molar-refractivity contribution is 5.49. The molecule has 82 valence electrons. The predicted octanol–water partition coefficient (Wildman–Crippen LogP) is 4.87. The molecule has 0 aliphatic carbocycles. The Hall–Kier alpha value is -1.04. The third kappa shape index (κ3) is 3.23. The lowest BCUT2D eigenvalue weighted by molar-refractivity contribution is 0.339. The van der Waals surface area contributed by atoms with Crippen LogP contribution in [0.2, 0.25) is 0 Å². The van der Waals surface area contributed by atoms with E-state index < -0.39 is 0 Å². The largest absolute Gasteiger partial charge is 0.0871 e. The van der Waals surface area contributed by atoms with Crippen LogP contribution in [0.5, 0.6) is 0 Å². The molecule has 0 heteroatoms. The second kappa shape index (κ2) is 4.65. The van der Waals surface area contributed by atoms with E-state index >= 15 is 0 Å². The molecule has 0 aromatic heterocycles. The van der Waals surface area contributed by atoms with Crippen LogP contribution in [0.3, 0.4) is 0 Å². The molecule has 0 aliphatic rings. The van der Waals surface area contributed by atoms with E-state index in [0.717, 1.165) is 0 Å². The molecule has 1 rings (SSSR count). The first kappa shape index (κ1) is 12.0. The van der Waals surface area contributed by atoms with Crippen molar-refractivity contribution in [3.8, 4) is 0 Å². The summed E-state index contributed by atoms with van der Waals surface area (Å²) >= 11 is 0. The molecule has 1 aromatic rings. The van der Waals surface area contributed by atoms with Gasteiger partial charge in [-0.25, -0.2) is 0 Å². The van der Waals surface area contributed by atoms with Gasteiger partial charge in [-0.2, -0.15) is 0 Å². The normalized spacial score (nSPS) is 14.5. The Labute approximate surface area is 94.0 Å². The Balaban J connectivity index is 2.89. The number of benzene rings is 1. The molecule has 1 unspecified atom stereocenters. The van der Waals surface area contributed by atoms with Gasteiger partial charge in [-0.1, -0.05) is 64.1 Å². The summed E-state index contributed by atoms with van der Waals surface area (Å²) in [6, 6.07) is 8.87. The van der Waals surface area contributed by atoms with Gasteiger partial charge in [0.2, 0.25) is 0 Å². The molecule has 1 atom stereocenters. The minimum absolute atomic E-state index is 0.335. The summed E-state index contributed by atoms with van der Waals surface area (Å²) in [6.07, 6.45) is 4.20. The van der Waals surface area contributed by atoms with Crippen molar-refractivity contribution in [3.05, 3.63) is 41.5 Å². The molecule has 0 N–H and O–H groups in total. The molecule has 0 spiro atoms. The Morgan fingerprint density at radius 3 is 2.00 bits per heavy atom. The fraction of sp³-hybridized carbons (Fsp3) is 0.467. The number of hydrogen-bond donors (Lipinski definition) is 0. The molecule has 0 nitrogen and oxygen atoms in total. The first-order valence-electron chi connectivity index (χ1n) is 5.68. The van der Waals surface area contributed by atoms with Gasteiger partial charge in [0.15, 0.2) is 0 Å². The minimum Gasteiger partial charge on any atom is -0.0871 e. The molecule has 0 aliphatic heterocycles. The van der Waals surface area contributed by atoms with Gasteiger partial charge in [-0.3, -0.25) is 0 Å². The summed E-state index contributed by atoms with van der Waals surface area (Å²) in [5.74, 6) is 0.595. The van der Waals surface area contributed by atoms with Crippen LogP contribution in [-0.2, 0) is 0 Å². The van der Waals surface area contributed by atoms with E-state index in [1.807, 2.05) is 6.92 Å². The van der Waals surface area contributed by atoms with E-state index in [4.69, 9.17) is 0 Å². The molecular weight excluding hydrogens is 180 g/mol. The van der Waals surface area contributed by atoms with Crippen molar-refractivity contribution in [2.24, 2.45) is 5.41 Å². The van der Waals surface area contributed by atoms with Gasteiger partial charge < -0.3 is 0 Å². The topological polar surface area (TPSA) is 0 Å². The van der Waals surface area contributed by atoms with E-state index in [1.54, 1.807) is 0 Å². The zero-order valence-corrected chi connectivity index (χ0v) is 10.5. The van der Waals surface area contributed by atoms with Crippen molar-refractivity contribution in [1.82, 2.24) is 0 Å². The van der Waals surface area contributed by atoms with Gasteiger partial charge in [-0.05, 0) is 29.4 Å². The maximum absolute atomic E-state index is 2.30. The average Bonchev–Trinajstić information content (AvgIpc) is 2.17. The average molecular weight is 202 g/mol. The molecule has 0 amide bonds. The van der Waals surface area contributed by atoms with Crippen LogP contribution < -0.4 is 0 Å². The van der Waals surface area contributed by atoms with Gasteiger partial charge in [0.05, 0.1) is 0 Å². The maximum Gasteiger partial charge on any atom is -0.0142 e. The summed E-state index contributed by atoms with van der Waals surface area (Å²) in [5.41, 5.74) is 3.04. The highest BCUT2D eigenvalue weighted by Gasteiger charge is 2.21. The lowest BCUT2D eigenvalue weighted by atomic mass is 9.78. The van der Waals surface area contributed by atoms with Crippen molar-refractivity contribution in [2.45, 2.75) is 40.5 Å². The van der Waals surface area contributed by atoms with Crippen molar-refractivity contribution in [1.29, 1.82) is 0 Å². The monoisotopic (exact) mass is 202 g/mol. The zero-order valence-electron chi connectivity index (χ0n) is 10.5. The van der Waals surface area contributed by atoms with Crippen molar-refractivity contribution < 1.29 is 0 Å². The SMILES string of the molecule is C/C=C/c1ccc(C(C)C(C)(C)C)cc1. The van der Waals surface area contributed by atoms with Gasteiger partial charge in [0.1, 0.15) is 0 Å². The third-order valence-electron chi connectivity index (χ3n) is 3.09. The molecule has 0 radical (unpaired) electrons. The van der Waals surface area contributed by atoms with E-state index in [2.05, 4.69) is 64.1 Å². The third-order valence-corrected chi connectivity index (χ3v) is 3.09. The van der Waals surface area contributed by atoms with E-state index in [-0.39, 0.29) is 0 Å². The van der Waals surface area contributed by atoms with Gasteiger partial charge in [0, 0.05) is 0 Å². The molecule has 0 fully saturated rings. The molecular formula is C15H22. The standard InChI is InChI=1S/C15H22/c1-6-7-13-8-10-14(11-9-13)12(2)15(3,4)5/h6-12H,1-5H3/b7-6+. The van der Waals surface area contributed by atoms with Crippen LogP contribution in [0.15, 0.2) is 30.3 Å². The first-order chi connectivity index (χ1) is 6.95. The summed E-state index contributed by atoms with van der Waals surface area (Å²) in [7, 11) is 0. The second-order valence-corrected chi connectivity index (χ2v) is 5.25.